The van der Waals surface area contributed by atoms with E-state index in [-0.39, 0.29) is 41.4 Å². The summed E-state index contributed by atoms with van der Waals surface area (Å²) in [6, 6.07) is 7.84. The number of hydrogen-bond donors (Lipinski definition) is 5. The van der Waals surface area contributed by atoms with Crippen LogP contribution in [-0.2, 0) is 32.3 Å². The molecule has 0 saturated carbocycles. The number of β-lactam (4-membered cyclic amide) rings is 1. The van der Waals surface area contributed by atoms with Crippen LogP contribution in [0.1, 0.15) is 29.7 Å². The normalized spacial score (nSPS) is 20.8. The van der Waals surface area contributed by atoms with Crippen molar-refractivity contribution >= 4 is 68.5 Å². The number of fused-ring (bicyclic) bond motifs is 2. The molecular weight excluding hydrogens is 712 g/mol. The molecule has 2 saturated heterocycles. The van der Waals surface area contributed by atoms with E-state index in [1.807, 2.05) is 39.9 Å². The Bertz CT molecular complexity index is 2160. The molecule has 6 heterocycles. The third-order valence-corrected chi connectivity index (χ3v) is 11.1. The van der Waals surface area contributed by atoms with E-state index in [1.165, 1.54) is 29.8 Å². The number of aliphatic carboxylic acids is 1. The first-order chi connectivity index (χ1) is 25.1. The second-order valence-electron chi connectivity index (χ2n) is 12.5. The number of nitrogens with one attached hydrogen (secondary N) is 2. The summed E-state index contributed by atoms with van der Waals surface area (Å²) in [7, 11) is 1.27. The zero-order valence-corrected chi connectivity index (χ0v) is 29.6. The number of halogens is 1. The number of nitrogens with two attached hydrogens (primary N) is 2. The van der Waals surface area contributed by atoms with Crippen LogP contribution in [0.25, 0.3) is 10.9 Å². The minimum Gasteiger partial charge on any atom is -0.477 e. The van der Waals surface area contributed by atoms with E-state index in [1.54, 1.807) is 17.5 Å². The van der Waals surface area contributed by atoms with E-state index in [2.05, 4.69) is 25.8 Å². The van der Waals surface area contributed by atoms with Crippen LogP contribution in [0, 0.1) is 5.82 Å². The Morgan fingerprint density at radius 3 is 2.85 bits per heavy atom. The summed E-state index contributed by atoms with van der Waals surface area (Å²) < 4.78 is 19.1. The lowest BCUT2D eigenvalue weighted by Gasteiger charge is -2.49. The Morgan fingerprint density at radius 2 is 2.13 bits per heavy atom. The van der Waals surface area contributed by atoms with Gasteiger partial charge in [-0.1, -0.05) is 17.3 Å². The number of carbonyl (C=O) groups is 3. The maximum atomic E-state index is 15.4. The van der Waals surface area contributed by atoms with E-state index in [0.29, 0.717) is 28.3 Å². The minimum absolute atomic E-state index is 0.0761. The molecule has 7 rings (SSSR count). The zero-order chi connectivity index (χ0) is 36.5. The van der Waals surface area contributed by atoms with Gasteiger partial charge in [0.2, 0.25) is 0 Å². The second-order valence-corrected chi connectivity index (χ2v) is 14.5. The molecule has 15 nitrogen and oxygen atoms in total. The topological polar surface area (TPSA) is 206 Å². The Kier molecular flexibility index (Phi) is 9.94. The van der Waals surface area contributed by atoms with Crippen molar-refractivity contribution in [1.82, 2.24) is 25.1 Å². The highest BCUT2D eigenvalue weighted by molar-refractivity contribution is 8.00. The molecule has 3 atom stereocenters. The number of nitrogen functional groups attached to an aromatic ring is 1. The Labute approximate surface area is 305 Å². The van der Waals surface area contributed by atoms with Crippen molar-refractivity contribution in [1.29, 1.82) is 0 Å². The third kappa shape index (κ3) is 6.96. The molecule has 4 aromatic rings. The SMILES string of the molecule is CO/N=C(\C(=O)N[C@@H]1C(=O)N2C(C(=O)O)=C(C[n+]3ccc4ccn(Cc5ccc(C(N)=NC6CCCNC6)cc5F)c4c3)CS[C@H]12)c1csc(N)n1. The van der Waals surface area contributed by atoms with Gasteiger partial charge in [-0.25, -0.2) is 14.2 Å². The second kappa shape index (κ2) is 14.7. The smallest absolute Gasteiger partial charge is 0.352 e. The van der Waals surface area contributed by atoms with Crippen LogP contribution in [0.5, 0.6) is 0 Å². The number of thiazole rings is 1. The van der Waals surface area contributed by atoms with Crippen LogP contribution in [0.3, 0.4) is 0 Å². The lowest BCUT2D eigenvalue weighted by molar-refractivity contribution is -0.687. The number of pyridine rings is 1. The van der Waals surface area contributed by atoms with Crippen molar-refractivity contribution in [2.45, 2.75) is 43.4 Å². The number of nitrogens with zero attached hydrogens (tertiary/aromatic N) is 6. The van der Waals surface area contributed by atoms with Gasteiger partial charge in [-0.05, 0) is 31.5 Å². The molecule has 270 valence electrons. The van der Waals surface area contributed by atoms with Crippen LogP contribution >= 0.6 is 23.1 Å². The third-order valence-electron chi connectivity index (χ3n) is 9.13. The van der Waals surface area contributed by atoms with Gasteiger partial charge >= 0.3 is 5.97 Å². The Balaban J connectivity index is 1.06. The van der Waals surface area contributed by atoms with E-state index < -0.39 is 35.0 Å². The van der Waals surface area contributed by atoms with Gasteiger partial charge in [-0.15, -0.1) is 23.1 Å². The van der Waals surface area contributed by atoms with E-state index >= 15 is 4.39 Å². The van der Waals surface area contributed by atoms with E-state index in [4.69, 9.17) is 16.3 Å². The van der Waals surface area contributed by atoms with Gasteiger partial charge in [0, 0.05) is 52.0 Å². The molecule has 3 aliphatic rings. The molecule has 0 aliphatic carbocycles. The average Bonchev–Trinajstić information content (AvgIpc) is 3.75. The molecular formula is C34H36FN10O5S2+. The van der Waals surface area contributed by atoms with Crippen molar-refractivity contribution < 1.29 is 33.3 Å². The van der Waals surface area contributed by atoms with E-state index in [9.17, 15) is 19.5 Å². The number of hydrogen-bond acceptors (Lipinski definition) is 11. The van der Waals surface area contributed by atoms with E-state index in [0.717, 1.165) is 48.2 Å². The molecule has 3 aliphatic heterocycles. The summed E-state index contributed by atoms with van der Waals surface area (Å²) in [5, 5.41) is 22.0. The van der Waals surface area contributed by atoms with Crippen molar-refractivity contribution in [2.24, 2.45) is 15.9 Å². The largest absolute Gasteiger partial charge is 0.477 e. The molecule has 2 amide bonds. The zero-order valence-electron chi connectivity index (χ0n) is 28.0. The minimum atomic E-state index is -1.25. The van der Waals surface area contributed by atoms with Gasteiger partial charge in [0.15, 0.2) is 29.8 Å². The highest BCUT2D eigenvalue weighted by Crippen LogP contribution is 2.40. The maximum Gasteiger partial charge on any atom is 0.352 e. The average molecular weight is 748 g/mol. The number of amides is 2. The molecule has 18 heteroatoms. The Morgan fingerprint density at radius 1 is 1.29 bits per heavy atom. The predicted molar refractivity (Wildman–Crippen MR) is 194 cm³/mol. The number of rotatable bonds is 11. The first kappa shape index (κ1) is 35.1. The molecule has 1 unspecified atom stereocenters. The highest BCUT2D eigenvalue weighted by atomic mass is 32.2. The lowest BCUT2D eigenvalue weighted by atomic mass is 10.0. The fourth-order valence-electron chi connectivity index (χ4n) is 6.56. The summed E-state index contributed by atoms with van der Waals surface area (Å²) in [6.45, 7) is 2.17. The standard InChI is InChI=1S/C34H35FN10O5S2/c1-50-42-26(24-17-52-34(37)40-24)30(46)41-27-31(47)45-28(33(48)49)21(16-51-32(27)45)13-43-9-6-18-7-10-44(25(18)15-43)14-20-5-4-19(11-23(20)35)29(36)39-22-3-2-8-38-12-22/h4-7,9-11,15,17,22,27,32,38H,2-3,8,12-14,16H2,1H3,(H5-,36,37,39,40,41,46,48,49)/p+1/b42-26-/t22?,27-,32-/m1/s1. The van der Waals surface area contributed by atoms with Crippen LogP contribution in [0.15, 0.2) is 75.7 Å². The molecule has 7 N–H and O–H groups in total. The number of anilines is 1. The van der Waals surface area contributed by atoms with Gasteiger partial charge in [-0.3, -0.25) is 19.5 Å². The van der Waals surface area contributed by atoms with Crippen molar-refractivity contribution in [3.63, 3.8) is 0 Å². The molecule has 3 aromatic heterocycles. The molecule has 0 bridgehead atoms. The molecule has 1 aromatic carbocycles. The number of amidine groups is 1. The fourth-order valence-corrected chi connectivity index (χ4v) is 8.45. The fraction of sp³-hybridized carbons (Fsp3) is 0.324. The quantitative estimate of drug-likeness (QED) is 0.0490. The van der Waals surface area contributed by atoms with Gasteiger partial charge in [-0.2, -0.15) is 4.57 Å². The molecule has 2 fully saturated rings. The maximum absolute atomic E-state index is 15.4. The summed E-state index contributed by atoms with van der Waals surface area (Å²) >= 11 is 2.47. The summed E-state index contributed by atoms with van der Waals surface area (Å²) in [4.78, 5) is 53.7. The number of aliphatic imine (C=N–C) groups is 1. The summed E-state index contributed by atoms with van der Waals surface area (Å²) in [6.07, 6.45) is 7.54. The Hall–Kier alpha value is -5.33. The summed E-state index contributed by atoms with van der Waals surface area (Å²) in [5.74, 6) is -2.28. The van der Waals surface area contributed by atoms with Crippen molar-refractivity contribution in [3.05, 3.63) is 88.2 Å². The number of benzene rings is 1. The number of thioether (sulfide) groups is 1. The predicted octanol–water partition coefficient (Wildman–Crippen LogP) is 1.40. The molecule has 0 spiro atoms. The number of aromatic nitrogens is 3. The highest BCUT2D eigenvalue weighted by Gasteiger charge is 2.55. The lowest BCUT2D eigenvalue weighted by Crippen LogP contribution is -2.71. The molecule has 52 heavy (non-hydrogen) atoms. The number of piperidine rings is 1. The van der Waals surface area contributed by atoms with Crippen molar-refractivity contribution in [2.75, 3.05) is 31.7 Å². The number of carboxylic acid groups (broad SMARTS) is 1. The number of carbonyl (C=O) groups excluding carboxylic acids is 2. The van der Waals surface area contributed by atoms with Crippen molar-refractivity contribution in [3.8, 4) is 0 Å². The number of oxime groups is 1. The van der Waals surface area contributed by atoms with Crippen LogP contribution < -0.4 is 26.7 Å². The van der Waals surface area contributed by atoms with Gasteiger partial charge in [0.1, 0.15) is 47.1 Å². The van der Waals surface area contributed by atoms with Crippen LogP contribution in [-0.4, -0.2) is 92.3 Å². The first-order valence-corrected chi connectivity index (χ1v) is 18.4. The van der Waals surface area contributed by atoms with Gasteiger partial charge < -0.3 is 36.6 Å². The summed E-state index contributed by atoms with van der Waals surface area (Å²) in [5.41, 5.74) is 14.2. The van der Waals surface area contributed by atoms with Gasteiger partial charge in [0.25, 0.3) is 11.8 Å². The first-order valence-electron chi connectivity index (χ1n) is 16.5. The van der Waals surface area contributed by atoms with Crippen LogP contribution in [0.4, 0.5) is 9.52 Å². The van der Waals surface area contributed by atoms with Crippen LogP contribution in [0.2, 0.25) is 0 Å². The number of carboxylic acids is 1. The monoisotopic (exact) mass is 747 g/mol. The van der Waals surface area contributed by atoms with Gasteiger partial charge in [0.05, 0.1) is 12.6 Å². The molecule has 0 radical (unpaired) electrons.